The second-order valence-electron chi connectivity index (χ2n) is 2.67. The summed E-state index contributed by atoms with van der Waals surface area (Å²) in [6, 6.07) is 9.08. The largest absolute Gasteiger partial charge is 0.468 e. The summed E-state index contributed by atoms with van der Waals surface area (Å²) in [4.78, 5) is 11.2. The lowest BCUT2D eigenvalue weighted by molar-refractivity contribution is -0.143. The normalized spacial score (nSPS) is 12.2. The predicted molar refractivity (Wildman–Crippen MR) is 48.3 cm³/mol. The van der Waals surface area contributed by atoms with E-state index < -0.39 is 11.9 Å². The number of aliphatic hydroxyl groups excluding tert-OH is 1. The average molecular weight is 180 g/mol. The van der Waals surface area contributed by atoms with Gasteiger partial charge in [-0.1, -0.05) is 30.3 Å². The van der Waals surface area contributed by atoms with Gasteiger partial charge >= 0.3 is 5.97 Å². The second-order valence-corrected chi connectivity index (χ2v) is 2.67. The van der Waals surface area contributed by atoms with Crippen LogP contribution in [0.15, 0.2) is 30.3 Å². The molecule has 0 amide bonds. The fraction of sp³-hybridized carbons (Fsp3) is 0.300. The molecule has 0 aliphatic heterocycles. The summed E-state index contributed by atoms with van der Waals surface area (Å²) in [6.07, 6.45) is 0. The van der Waals surface area contributed by atoms with Crippen molar-refractivity contribution >= 4 is 5.97 Å². The SMILES string of the molecule is COC(=O)[C@@H](CO)c1ccccc1. The lowest BCUT2D eigenvalue weighted by Crippen LogP contribution is -2.17. The number of methoxy groups -OCH3 is 1. The van der Waals surface area contributed by atoms with Crippen LogP contribution in [0.1, 0.15) is 11.5 Å². The molecule has 1 aromatic carbocycles. The van der Waals surface area contributed by atoms with Gasteiger partial charge in [-0.3, -0.25) is 4.79 Å². The van der Waals surface area contributed by atoms with Crippen molar-refractivity contribution in [2.45, 2.75) is 5.92 Å². The first-order valence-corrected chi connectivity index (χ1v) is 4.03. The van der Waals surface area contributed by atoms with Crippen molar-refractivity contribution < 1.29 is 14.6 Å². The predicted octanol–water partition coefficient (Wildman–Crippen LogP) is 0.935. The lowest BCUT2D eigenvalue weighted by atomic mass is 10.0. The third-order valence-electron chi connectivity index (χ3n) is 1.87. The molecular formula is C10H12O3. The molecule has 0 bridgehead atoms. The molecule has 0 aliphatic carbocycles. The van der Waals surface area contributed by atoms with E-state index in [2.05, 4.69) is 4.74 Å². The van der Waals surface area contributed by atoms with Crippen LogP contribution < -0.4 is 0 Å². The zero-order chi connectivity index (χ0) is 9.68. The molecule has 0 unspecified atom stereocenters. The van der Waals surface area contributed by atoms with Crippen molar-refractivity contribution in [1.29, 1.82) is 0 Å². The molecule has 0 aliphatic rings. The van der Waals surface area contributed by atoms with E-state index in [4.69, 9.17) is 5.11 Å². The van der Waals surface area contributed by atoms with Crippen LogP contribution in [0.5, 0.6) is 0 Å². The van der Waals surface area contributed by atoms with Crippen LogP contribution >= 0.6 is 0 Å². The fourth-order valence-electron chi connectivity index (χ4n) is 1.14. The van der Waals surface area contributed by atoms with Crippen LogP contribution in [-0.4, -0.2) is 24.8 Å². The quantitative estimate of drug-likeness (QED) is 0.704. The first-order chi connectivity index (χ1) is 6.29. The van der Waals surface area contributed by atoms with Crippen molar-refractivity contribution in [2.24, 2.45) is 0 Å². The summed E-state index contributed by atoms with van der Waals surface area (Å²) in [5, 5.41) is 8.98. The van der Waals surface area contributed by atoms with Crippen LogP contribution in [0, 0.1) is 0 Å². The van der Waals surface area contributed by atoms with Gasteiger partial charge in [0.1, 0.15) is 5.92 Å². The van der Waals surface area contributed by atoms with E-state index in [1.54, 1.807) is 12.1 Å². The highest BCUT2D eigenvalue weighted by Crippen LogP contribution is 2.15. The first kappa shape index (κ1) is 9.74. The van der Waals surface area contributed by atoms with Gasteiger partial charge in [-0.15, -0.1) is 0 Å². The molecule has 0 aromatic heterocycles. The van der Waals surface area contributed by atoms with Crippen LogP contribution in [0.25, 0.3) is 0 Å². The number of carbonyl (C=O) groups is 1. The minimum absolute atomic E-state index is 0.226. The van der Waals surface area contributed by atoms with Gasteiger partial charge in [0.05, 0.1) is 13.7 Å². The van der Waals surface area contributed by atoms with E-state index >= 15 is 0 Å². The molecule has 0 heterocycles. The molecule has 3 nitrogen and oxygen atoms in total. The molecule has 3 heteroatoms. The maximum Gasteiger partial charge on any atom is 0.315 e. The Morgan fingerprint density at radius 1 is 1.46 bits per heavy atom. The van der Waals surface area contributed by atoms with Crippen LogP contribution in [0.2, 0.25) is 0 Å². The van der Waals surface area contributed by atoms with Crippen LogP contribution in [-0.2, 0) is 9.53 Å². The Kier molecular flexibility index (Phi) is 3.46. The molecular weight excluding hydrogens is 168 g/mol. The molecule has 0 radical (unpaired) electrons. The van der Waals surface area contributed by atoms with E-state index in [-0.39, 0.29) is 6.61 Å². The van der Waals surface area contributed by atoms with Gasteiger partial charge in [-0.25, -0.2) is 0 Å². The van der Waals surface area contributed by atoms with Crippen LogP contribution in [0.4, 0.5) is 0 Å². The van der Waals surface area contributed by atoms with Crippen molar-refractivity contribution in [1.82, 2.24) is 0 Å². The summed E-state index contributed by atoms with van der Waals surface area (Å²) < 4.78 is 4.56. The Labute approximate surface area is 77.0 Å². The van der Waals surface area contributed by atoms with Gasteiger partial charge in [0.25, 0.3) is 0 Å². The van der Waals surface area contributed by atoms with Gasteiger partial charge in [0, 0.05) is 0 Å². The number of carbonyl (C=O) groups excluding carboxylic acids is 1. The van der Waals surface area contributed by atoms with Gasteiger partial charge in [0.15, 0.2) is 0 Å². The van der Waals surface area contributed by atoms with E-state index in [1.807, 2.05) is 18.2 Å². The highest BCUT2D eigenvalue weighted by Gasteiger charge is 2.19. The molecule has 1 aromatic rings. The van der Waals surface area contributed by atoms with Gasteiger partial charge in [0.2, 0.25) is 0 Å². The zero-order valence-electron chi connectivity index (χ0n) is 7.43. The molecule has 0 spiro atoms. The second kappa shape index (κ2) is 4.62. The Balaban J connectivity index is 2.85. The number of hydrogen-bond donors (Lipinski definition) is 1. The maximum absolute atomic E-state index is 11.2. The third kappa shape index (κ3) is 2.29. The summed E-state index contributed by atoms with van der Waals surface area (Å²) in [5.74, 6) is -0.972. The van der Waals surface area contributed by atoms with E-state index in [0.29, 0.717) is 0 Å². The van der Waals surface area contributed by atoms with E-state index in [0.717, 1.165) is 5.56 Å². The summed E-state index contributed by atoms with van der Waals surface area (Å²) in [5.41, 5.74) is 0.775. The van der Waals surface area contributed by atoms with Gasteiger partial charge < -0.3 is 9.84 Å². The van der Waals surface area contributed by atoms with Gasteiger partial charge in [-0.05, 0) is 5.56 Å². The summed E-state index contributed by atoms with van der Waals surface area (Å²) in [6.45, 7) is -0.226. The molecule has 70 valence electrons. The number of hydrogen-bond acceptors (Lipinski definition) is 3. The highest BCUT2D eigenvalue weighted by molar-refractivity contribution is 5.78. The van der Waals surface area contributed by atoms with Crippen molar-refractivity contribution in [3.63, 3.8) is 0 Å². The Hall–Kier alpha value is -1.35. The standard InChI is InChI=1S/C10H12O3/c1-13-10(12)9(7-11)8-5-3-2-4-6-8/h2-6,9,11H,7H2,1H3/t9-/m0/s1. The average Bonchev–Trinajstić information content (AvgIpc) is 2.20. The topological polar surface area (TPSA) is 46.5 Å². The molecule has 1 atom stereocenters. The minimum Gasteiger partial charge on any atom is -0.468 e. The number of rotatable bonds is 3. The summed E-state index contributed by atoms with van der Waals surface area (Å²) in [7, 11) is 1.31. The van der Waals surface area contributed by atoms with Crippen molar-refractivity contribution in [2.75, 3.05) is 13.7 Å². The Morgan fingerprint density at radius 2 is 2.08 bits per heavy atom. The smallest absolute Gasteiger partial charge is 0.315 e. The van der Waals surface area contributed by atoms with Crippen molar-refractivity contribution in [3.05, 3.63) is 35.9 Å². The maximum atomic E-state index is 11.2. The van der Waals surface area contributed by atoms with E-state index in [1.165, 1.54) is 7.11 Å². The zero-order valence-corrected chi connectivity index (χ0v) is 7.43. The lowest BCUT2D eigenvalue weighted by Gasteiger charge is -2.11. The molecule has 0 saturated carbocycles. The number of aliphatic hydroxyl groups is 1. The monoisotopic (exact) mass is 180 g/mol. The number of esters is 1. The van der Waals surface area contributed by atoms with Gasteiger partial charge in [-0.2, -0.15) is 0 Å². The molecule has 1 N–H and O–H groups in total. The molecule has 0 saturated heterocycles. The van der Waals surface area contributed by atoms with Crippen molar-refractivity contribution in [3.8, 4) is 0 Å². The molecule has 0 fully saturated rings. The fourth-order valence-corrected chi connectivity index (χ4v) is 1.14. The number of ether oxygens (including phenoxy) is 1. The molecule has 13 heavy (non-hydrogen) atoms. The minimum atomic E-state index is -0.564. The molecule has 1 rings (SSSR count). The number of benzene rings is 1. The Morgan fingerprint density at radius 3 is 2.54 bits per heavy atom. The third-order valence-corrected chi connectivity index (χ3v) is 1.87. The summed E-state index contributed by atoms with van der Waals surface area (Å²) >= 11 is 0. The van der Waals surface area contributed by atoms with Crippen LogP contribution in [0.3, 0.4) is 0 Å². The Bertz CT molecular complexity index is 269. The highest BCUT2D eigenvalue weighted by atomic mass is 16.5. The van der Waals surface area contributed by atoms with E-state index in [9.17, 15) is 4.79 Å². The first-order valence-electron chi connectivity index (χ1n) is 4.03.